The first kappa shape index (κ1) is 21.5. The molecule has 1 fully saturated rings. The molecule has 0 radical (unpaired) electrons. The lowest BCUT2D eigenvalue weighted by Gasteiger charge is -2.16. The summed E-state index contributed by atoms with van der Waals surface area (Å²) >= 11 is 0. The predicted molar refractivity (Wildman–Crippen MR) is 110 cm³/mol. The molecule has 1 aliphatic rings. The molecule has 1 aromatic carbocycles. The fourth-order valence-electron chi connectivity index (χ4n) is 3.86. The largest absolute Gasteiger partial charge is 0.446 e. The van der Waals surface area contributed by atoms with Crippen molar-refractivity contribution in [1.82, 2.24) is 14.9 Å². The minimum atomic E-state index is -0.840. The Morgan fingerprint density at radius 1 is 1.31 bits per heavy atom. The first-order valence-corrected chi connectivity index (χ1v) is 10.1. The summed E-state index contributed by atoms with van der Waals surface area (Å²) in [6.45, 7) is 2.82. The molecule has 8 nitrogen and oxygen atoms in total. The van der Waals surface area contributed by atoms with E-state index >= 15 is 0 Å². The molecule has 1 unspecified atom stereocenters. The number of hydrogen-bond donors (Lipinski definition) is 0. The first-order valence-electron chi connectivity index (χ1n) is 10.1. The molecule has 1 atom stereocenters. The van der Waals surface area contributed by atoms with Crippen molar-refractivity contribution < 1.29 is 22.9 Å². The van der Waals surface area contributed by atoms with E-state index in [1.807, 2.05) is 6.92 Å². The molecule has 1 aliphatic heterocycles. The number of halogens is 2. The molecule has 10 heteroatoms. The molecule has 0 saturated carbocycles. The smallest absolute Gasteiger partial charge is 0.291 e. The molecule has 0 spiro atoms. The van der Waals surface area contributed by atoms with Crippen LogP contribution in [-0.2, 0) is 17.6 Å². The molecule has 1 amide bonds. The first-order chi connectivity index (χ1) is 15.3. The van der Waals surface area contributed by atoms with Crippen molar-refractivity contribution in [3.63, 3.8) is 0 Å². The SMILES string of the molecule is Cc1cnc(CC2CCN(C(=O)Cc3nc(-c4ccc(F)cc4F)ccc3[N+](=O)[O-])C2)o1. The third-order valence-electron chi connectivity index (χ3n) is 5.44. The van der Waals surface area contributed by atoms with E-state index in [1.54, 1.807) is 11.1 Å². The Balaban J connectivity index is 1.51. The summed E-state index contributed by atoms with van der Waals surface area (Å²) in [6.07, 6.45) is 2.73. The molecular weight excluding hydrogens is 422 g/mol. The van der Waals surface area contributed by atoms with Gasteiger partial charge in [-0.1, -0.05) is 0 Å². The third kappa shape index (κ3) is 4.63. The van der Waals surface area contributed by atoms with Crippen LogP contribution in [0.3, 0.4) is 0 Å². The zero-order chi connectivity index (χ0) is 22.8. The summed E-state index contributed by atoms with van der Waals surface area (Å²) in [5.41, 5.74) is -0.296. The van der Waals surface area contributed by atoms with Gasteiger partial charge in [-0.05, 0) is 37.5 Å². The minimum Gasteiger partial charge on any atom is -0.446 e. The van der Waals surface area contributed by atoms with E-state index in [0.717, 1.165) is 18.2 Å². The minimum absolute atomic E-state index is 0.00234. The van der Waals surface area contributed by atoms with Crippen molar-refractivity contribution in [3.05, 3.63) is 75.6 Å². The molecule has 0 aliphatic carbocycles. The van der Waals surface area contributed by atoms with Gasteiger partial charge < -0.3 is 9.32 Å². The number of nitrogens with zero attached hydrogens (tertiary/aromatic N) is 4. The number of nitro groups is 1. The van der Waals surface area contributed by atoms with Crippen LogP contribution in [0.25, 0.3) is 11.3 Å². The molecule has 3 aromatic rings. The van der Waals surface area contributed by atoms with Gasteiger partial charge >= 0.3 is 0 Å². The molecule has 3 heterocycles. The van der Waals surface area contributed by atoms with Gasteiger partial charge in [-0.2, -0.15) is 0 Å². The van der Waals surface area contributed by atoms with Crippen LogP contribution in [-0.4, -0.2) is 38.8 Å². The number of aryl methyl sites for hydroxylation is 1. The average molecular weight is 442 g/mol. The van der Waals surface area contributed by atoms with Gasteiger partial charge in [0.2, 0.25) is 5.91 Å². The Morgan fingerprint density at radius 2 is 2.12 bits per heavy atom. The van der Waals surface area contributed by atoms with E-state index in [4.69, 9.17) is 4.42 Å². The van der Waals surface area contributed by atoms with E-state index in [-0.39, 0.29) is 40.9 Å². The maximum absolute atomic E-state index is 14.2. The van der Waals surface area contributed by atoms with Gasteiger partial charge in [0.15, 0.2) is 5.89 Å². The van der Waals surface area contributed by atoms with E-state index in [1.165, 1.54) is 18.2 Å². The number of carbonyl (C=O) groups excluding carboxylic acids is 1. The highest BCUT2D eigenvalue weighted by Gasteiger charge is 2.29. The van der Waals surface area contributed by atoms with Crippen LogP contribution in [0.15, 0.2) is 40.9 Å². The number of benzene rings is 1. The Bertz CT molecular complexity index is 1180. The number of likely N-dealkylation sites (tertiary alicyclic amines) is 1. The zero-order valence-electron chi connectivity index (χ0n) is 17.3. The lowest BCUT2D eigenvalue weighted by Crippen LogP contribution is -2.30. The number of rotatable bonds is 6. The topological polar surface area (TPSA) is 102 Å². The number of amides is 1. The average Bonchev–Trinajstić information content (AvgIpc) is 3.37. The lowest BCUT2D eigenvalue weighted by molar-refractivity contribution is -0.385. The van der Waals surface area contributed by atoms with Crippen LogP contribution in [0.2, 0.25) is 0 Å². The van der Waals surface area contributed by atoms with Crippen LogP contribution < -0.4 is 0 Å². The van der Waals surface area contributed by atoms with Crippen LogP contribution in [0.1, 0.15) is 23.8 Å². The normalized spacial score (nSPS) is 15.8. The zero-order valence-corrected chi connectivity index (χ0v) is 17.3. The summed E-state index contributed by atoms with van der Waals surface area (Å²) in [7, 11) is 0. The molecule has 1 saturated heterocycles. The highest BCUT2D eigenvalue weighted by atomic mass is 19.1. The number of pyridine rings is 1. The Labute approximate surface area is 182 Å². The summed E-state index contributed by atoms with van der Waals surface area (Å²) in [5.74, 6) is -0.363. The van der Waals surface area contributed by atoms with Gasteiger partial charge in [0, 0.05) is 37.2 Å². The summed E-state index contributed by atoms with van der Waals surface area (Å²) in [6, 6.07) is 5.47. The number of oxazole rings is 1. The molecule has 2 aromatic heterocycles. The number of carbonyl (C=O) groups is 1. The van der Waals surface area contributed by atoms with Crippen LogP contribution in [0.4, 0.5) is 14.5 Å². The van der Waals surface area contributed by atoms with Gasteiger partial charge in [0.25, 0.3) is 5.69 Å². The van der Waals surface area contributed by atoms with Crippen molar-refractivity contribution >= 4 is 11.6 Å². The molecule has 0 bridgehead atoms. The molecular formula is C22H20F2N4O4. The predicted octanol–water partition coefficient (Wildman–Crippen LogP) is 3.87. The molecule has 32 heavy (non-hydrogen) atoms. The van der Waals surface area contributed by atoms with Gasteiger partial charge in [-0.3, -0.25) is 14.9 Å². The highest BCUT2D eigenvalue weighted by Crippen LogP contribution is 2.27. The second kappa shape index (κ2) is 8.81. The lowest BCUT2D eigenvalue weighted by atomic mass is 10.1. The number of hydrogen-bond acceptors (Lipinski definition) is 6. The van der Waals surface area contributed by atoms with Crippen molar-refractivity contribution in [2.75, 3.05) is 13.1 Å². The van der Waals surface area contributed by atoms with Crippen molar-refractivity contribution in [2.24, 2.45) is 5.92 Å². The number of aromatic nitrogens is 2. The molecule has 4 rings (SSSR count). The highest BCUT2D eigenvalue weighted by molar-refractivity contribution is 5.80. The summed E-state index contributed by atoms with van der Waals surface area (Å²) < 4.78 is 32.9. The second-order valence-corrected chi connectivity index (χ2v) is 7.78. The van der Waals surface area contributed by atoms with Gasteiger partial charge in [0.05, 0.1) is 23.2 Å². The quantitative estimate of drug-likeness (QED) is 0.424. The van der Waals surface area contributed by atoms with E-state index in [9.17, 15) is 23.7 Å². The molecule has 0 N–H and O–H groups in total. The van der Waals surface area contributed by atoms with Gasteiger partial charge in [-0.25, -0.2) is 18.7 Å². The fraction of sp³-hybridized carbons (Fsp3) is 0.318. The Kier molecular flexibility index (Phi) is 5.93. The van der Waals surface area contributed by atoms with E-state index < -0.39 is 16.6 Å². The maximum Gasteiger partial charge on any atom is 0.291 e. The van der Waals surface area contributed by atoms with Crippen molar-refractivity contribution in [3.8, 4) is 11.3 Å². The van der Waals surface area contributed by atoms with E-state index in [0.29, 0.717) is 31.5 Å². The van der Waals surface area contributed by atoms with Crippen LogP contribution in [0.5, 0.6) is 0 Å². The Morgan fingerprint density at radius 3 is 2.81 bits per heavy atom. The third-order valence-corrected chi connectivity index (χ3v) is 5.44. The van der Waals surface area contributed by atoms with Crippen molar-refractivity contribution in [2.45, 2.75) is 26.2 Å². The van der Waals surface area contributed by atoms with Crippen LogP contribution >= 0.6 is 0 Å². The Hall–Kier alpha value is -3.69. The van der Waals surface area contributed by atoms with Gasteiger partial charge in [0.1, 0.15) is 23.1 Å². The fourth-order valence-corrected chi connectivity index (χ4v) is 3.86. The van der Waals surface area contributed by atoms with Gasteiger partial charge in [-0.15, -0.1) is 0 Å². The maximum atomic E-state index is 14.2. The summed E-state index contributed by atoms with van der Waals surface area (Å²) in [5, 5.41) is 11.4. The standard InChI is InChI=1S/C22H20F2N4O4/c1-13-11-25-21(32-13)8-14-6-7-27(12-14)22(29)10-19-20(28(30)31)5-4-18(26-19)16-3-2-15(23)9-17(16)24/h2-5,9,11,14H,6-8,10,12H2,1H3. The monoisotopic (exact) mass is 442 g/mol. The second-order valence-electron chi connectivity index (χ2n) is 7.78. The van der Waals surface area contributed by atoms with E-state index in [2.05, 4.69) is 9.97 Å². The van der Waals surface area contributed by atoms with Crippen molar-refractivity contribution in [1.29, 1.82) is 0 Å². The molecule has 166 valence electrons. The summed E-state index contributed by atoms with van der Waals surface area (Å²) in [4.78, 5) is 33.7. The van der Waals surface area contributed by atoms with Crippen LogP contribution in [0, 0.1) is 34.6 Å².